The van der Waals surface area contributed by atoms with Crippen LogP contribution in [0.15, 0.2) is 48.5 Å². The van der Waals surface area contributed by atoms with Crippen LogP contribution in [0.2, 0.25) is 0 Å². The fourth-order valence-corrected chi connectivity index (χ4v) is 4.55. The molecule has 172 valence electrons. The summed E-state index contributed by atoms with van der Waals surface area (Å²) in [4.78, 5) is 27.9. The Morgan fingerprint density at radius 3 is 2.47 bits per heavy atom. The quantitative estimate of drug-likeness (QED) is 0.680. The maximum absolute atomic E-state index is 13.4. The second-order valence-electron chi connectivity index (χ2n) is 8.30. The summed E-state index contributed by atoms with van der Waals surface area (Å²) in [5.74, 6) is -0.213. The van der Waals surface area contributed by atoms with Crippen LogP contribution in [0.1, 0.15) is 23.6 Å². The van der Waals surface area contributed by atoms with Crippen molar-refractivity contribution >= 4 is 21.8 Å². The fraction of sp³-hybridized carbons (Fsp3) is 0.391. The number of benzene rings is 2. The van der Waals surface area contributed by atoms with E-state index in [-0.39, 0.29) is 26.2 Å². The number of nitrogens with one attached hydrogen (secondary N) is 1. The molecule has 32 heavy (non-hydrogen) atoms. The lowest BCUT2D eigenvalue weighted by molar-refractivity contribution is -0.153. The minimum atomic E-state index is -3.66. The molecule has 2 aromatic rings. The van der Waals surface area contributed by atoms with Crippen molar-refractivity contribution < 1.29 is 22.7 Å². The summed E-state index contributed by atoms with van der Waals surface area (Å²) in [6.07, 6.45) is 1.04. The molecule has 1 fully saturated rings. The molecule has 3 rings (SSSR count). The van der Waals surface area contributed by atoms with E-state index in [9.17, 15) is 18.0 Å². The first kappa shape index (κ1) is 23.7. The zero-order chi connectivity index (χ0) is 23.5. The third-order valence-corrected chi connectivity index (χ3v) is 6.90. The van der Waals surface area contributed by atoms with Crippen molar-refractivity contribution in [1.29, 1.82) is 0 Å². The lowest BCUT2D eigenvalue weighted by Gasteiger charge is -2.46. The Morgan fingerprint density at radius 2 is 1.84 bits per heavy atom. The van der Waals surface area contributed by atoms with Gasteiger partial charge in [0.2, 0.25) is 21.8 Å². The van der Waals surface area contributed by atoms with Gasteiger partial charge in [0.15, 0.2) is 0 Å². The monoisotopic (exact) mass is 459 g/mol. The highest BCUT2D eigenvalue weighted by Crippen LogP contribution is 2.27. The second kappa shape index (κ2) is 9.30. The van der Waals surface area contributed by atoms with Gasteiger partial charge in [0.25, 0.3) is 0 Å². The van der Waals surface area contributed by atoms with Gasteiger partial charge in [-0.1, -0.05) is 42.0 Å². The summed E-state index contributed by atoms with van der Waals surface area (Å²) in [6, 6.07) is 15.0. The molecule has 0 saturated carbocycles. The largest absolute Gasteiger partial charge is 0.497 e. The Morgan fingerprint density at radius 1 is 1.16 bits per heavy atom. The molecule has 1 atom stereocenters. The number of amides is 2. The van der Waals surface area contributed by atoms with Crippen LogP contribution in [0, 0.1) is 6.92 Å². The Kier molecular flexibility index (Phi) is 6.90. The number of carbonyl (C=O) groups is 2. The van der Waals surface area contributed by atoms with Crippen LogP contribution in [0.5, 0.6) is 5.75 Å². The molecule has 0 spiro atoms. The Labute approximate surface area is 189 Å². The summed E-state index contributed by atoms with van der Waals surface area (Å²) in [6.45, 7) is 3.59. The molecule has 0 aromatic heterocycles. The van der Waals surface area contributed by atoms with Gasteiger partial charge >= 0.3 is 0 Å². The van der Waals surface area contributed by atoms with Crippen LogP contribution >= 0.6 is 0 Å². The molecular formula is C23H29N3O5S. The molecule has 0 radical (unpaired) electrons. The first-order chi connectivity index (χ1) is 15.0. The van der Waals surface area contributed by atoms with E-state index in [1.54, 1.807) is 32.2 Å². The maximum Gasteiger partial charge on any atom is 0.247 e. The minimum Gasteiger partial charge on any atom is -0.497 e. The van der Waals surface area contributed by atoms with Crippen LogP contribution in [0.25, 0.3) is 0 Å². The molecule has 0 unspecified atom stereocenters. The number of rotatable bonds is 7. The van der Waals surface area contributed by atoms with Crippen molar-refractivity contribution in [3.63, 3.8) is 0 Å². The van der Waals surface area contributed by atoms with Crippen LogP contribution < -0.4 is 10.1 Å². The predicted molar refractivity (Wildman–Crippen MR) is 121 cm³/mol. The first-order valence-corrected chi connectivity index (χ1v) is 12.1. The molecule has 2 aromatic carbocycles. The number of piperazine rings is 1. The van der Waals surface area contributed by atoms with E-state index >= 15 is 0 Å². The van der Waals surface area contributed by atoms with Crippen molar-refractivity contribution in [2.45, 2.75) is 32.5 Å². The Balaban J connectivity index is 1.88. The van der Waals surface area contributed by atoms with Crippen LogP contribution in [0.4, 0.5) is 0 Å². The maximum atomic E-state index is 13.4. The van der Waals surface area contributed by atoms with E-state index in [1.165, 1.54) is 4.90 Å². The standard InChI is InChI=1S/C23H29N3O5S/c1-17-8-10-18(11-9-17)13-24-22(28)23(2)16-25(32(4,29)30)15-21(27)26(23)14-19-6-5-7-20(12-19)31-3/h5-12H,13-16H2,1-4H3,(H,24,28)/t23-/m0/s1. The summed E-state index contributed by atoms with van der Waals surface area (Å²) < 4.78 is 30.7. The van der Waals surface area contributed by atoms with Gasteiger partial charge in [-0.15, -0.1) is 0 Å². The van der Waals surface area contributed by atoms with E-state index in [2.05, 4.69) is 5.32 Å². The molecule has 1 N–H and O–H groups in total. The smallest absolute Gasteiger partial charge is 0.247 e. The summed E-state index contributed by atoms with van der Waals surface area (Å²) in [5, 5.41) is 2.88. The molecule has 1 saturated heterocycles. The van der Waals surface area contributed by atoms with Gasteiger partial charge in [-0.05, 0) is 37.1 Å². The van der Waals surface area contributed by atoms with Gasteiger partial charge in [-0.3, -0.25) is 9.59 Å². The number of methoxy groups -OCH3 is 1. The number of hydrogen-bond acceptors (Lipinski definition) is 5. The second-order valence-corrected chi connectivity index (χ2v) is 10.3. The highest BCUT2D eigenvalue weighted by molar-refractivity contribution is 7.88. The topological polar surface area (TPSA) is 96.0 Å². The third kappa shape index (κ3) is 5.28. The summed E-state index contributed by atoms with van der Waals surface area (Å²) in [7, 11) is -2.10. The van der Waals surface area contributed by atoms with E-state index in [1.807, 2.05) is 37.3 Å². The molecule has 2 amide bonds. The molecular weight excluding hydrogens is 430 g/mol. The normalized spacial score (nSPS) is 19.6. The number of nitrogens with zero attached hydrogens (tertiary/aromatic N) is 2. The molecule has 0 bridgehead atoms. The molecule has 1 heterocycles. The zero-order valence-corrected chi connectivity index (χ0v) is 19.6. The number of hydrogen-bond donors (Lipinski definition) is 1. The minimum absolute atomic E-state index is 0.124. The van der Waals surface area contributed by atoms with Crippen LogP contribution in [-0.4, -0.2) is 61.4 Å². The average Bonchev–Trinajstić information content (AvgIpc) is 2.75. The van der Waals surface area contributed by atoms with Gasteiger partial charge in [-0.25, -0.2) is 8.42 Å². The highest BCUT2D eigenvalue weighted by atomic mass is 32.2. The summed E-state index contributed by atoms with van der Waals surface area (Å²) in [5.41, 5.74) is 1.42. The number of sulfonamides is 1. The van der Waals surface area contributed by atoms with E-state index in [4.69, 9.17) is 4.74 Å². The third-order valence-electron chi connectivity index (χ3n) is 5.70. The number of aryl methyl sites for hydroxylation is 1. The number of ether oxygens (including phenoxy) is 1. The first-order valence-electron chi connectivity index (χ1n) is 10.3. The van der Waals surface area contributed by atoms with Gasteiger partial charge in [0, 0.05) is 19.6 Å². The summed E-state index contributed by atoms with van der Waals surface area (Å²) >= 11 is 0. The lowest BCUT2D eigenvalue weighted by Crippen LogP contribution is -2.69. The van der Waals surface area contributed by atoms with E-state index < -0.39 is 27.4 Å². The molecule has 9 heteroatoms. The lowest BCUT2D eigenvalue weighted by atomic mass is 9.94. The van der Waals surface area contributed by atoms with Gasteiger partial charge < -0.3 is 15.0 Å². The van der Waals surface area contributed by atoms with Crippen molar-refractivity contribution in [2.75, 3.05) is 26.5 Å². The van der Waals surface area contributed by atoms with Crippen molar-refractivity contribution in [3.8, 4) is 5.75 Å². The molecule has 1 aliphatic rings. The van der Waals surface area contributed by atoms with Gasteiger partial charge in [-0.2, -0.15) is 4.31 Å². The van der Waals surface area contributed by atoms with Crippen molar-refractivity contribution in [1.82, 2.24) is 14.5 Å². The van der Waals surface area contributed by atoms with Crippen LogP contribution in [-0.2, 0) is 32.7 Å². The SMILES string of the molecule is COc1cccc(CN2C(=O)CN(S(C)(=O)=O)C[C@@]2(C)C(=O)NCc2ccc(C)cc2)c1. The van der Waals surface area contributed by atoms with Crippen molar-refractivity contribution in [3.05, 3.63) is 65.2 Å². The van der Waals surface area contributed by atoms with E-state index in [0.29, 0.717) is 5.75 Å². The Bertz CT molecular complexity index is 1100. The molecule has 8 nitrogen and oxygen atoms in total. The average molecular weight is 460 g/mol. The van der Waals surface area contributed by atoms with E-state index in [0.717, 1.165) is 27.3 Å². The Hall–Kier alpha value is -2.91. The fourth-order valence-electron chi connectivity index (χ4n) is 3.72. The molecule has 1 aliphatic heterocycles. The van der Waals surface area contributed by atoms with Gasteiger partial charge in [0.1, 0.15) is 11.3 Å². The van der Waals surface area contributed by atoms with Crippen molar-refractivity contribution in [2.24, 2.45) is 0 Å². The number of carbonyl (C=O) groups excluding carboxylic acids is 2. The highest BCUT2D eigenvalue weighted by Gasteiger charge is 2.49. The van der Waals surface area contributed by atoms with Gasteiger partial charge in [0.05, 0.1) is 19.9 Å². The molecule has 0 aliphatic carbocycles. The zero-order valence-electron chi connectivity index (χ0n) is 18.8. The predicted octanol–water partition coefficient (Wildman–Crippen LogP) is 1.68. The van der Waals surface area contributed by atoms with Crippen LogP contribution in [0.3, 0.4) is 0 Å².